The Labute approximate surface area is 172 Å². The lowest BCUT2D eigenvalue weighted by atomic mass is 10.1. The molecule has 4 aromatic rings. The van der Waals surface area contributed by atoms with E-state index < -0.39 is 6.10 Å². The van der Waals surface area contributed by atoms with Crippen molar-refractivity contribution in [1.29, 1.82) is 0 Å². The van der Waals surface area contributed by atoms with E-state index in [1.54, 1.807) is 7.11 Å². The third-order valence-electron chi connectivity index (χ3n) is 4.32. The first-order chi connectivity index (χ1) is 14.2. The van der Waals surface area contributed by atoms with E-state index >= 15 is 0 Å². The molecule has 3 aromatic carbocycles. The van der Waals surface area contributed by atoms with Crippen molar-refractivity contribution < 1.29 is 19.0 Å². The minimum absolute atomic E-state index is 0.181. The number of aromatic nitrogens is 2. The summed E-state index contributed by atoms with van der Waals surface area (Å²) >= 11 is 1.30. The number of fused-ring (bicyclic) bond motifs is 1. The quantitative estimate of drug-likeness (QED) is 0.432. The molecule has 0 amide bonds. The molecule has 29 heavy (non-hydrogen) atoms. The van der Waals surface area contributed by atoms with Crippen LogP contribution in [-0.2, 0) is 0 Å². The molecule has 0 aliphatic heterocycles. The number of thioether (sulfide) groups is 1. The second kappa shape index (κ2) is 8.98. The largest absolute Gasteiger partial charge is 0.497 e. The van der Waals surface area contributed by atoms with Crippen LogP contribution in [0, 0.1) is 0 Å². The summed E-state index contributed by atoms with van der Waals surface area (Å²) in [5, 5.41) is 20.9. The van der Waals surface area contributed by atoms with Crippen molar-refractivity contribution in [2.45, 2.75) is 11.3 Å². The average Bonchev–Trinajstić information content (AvgIpc) is 3.25. The van der Waals surface area contributed by atoms with E-state index in [1.165, 1.54) is 11.8 Å². The molecule has 1 aromatic heterocycles. The number of aliphatic hydroxyl groups excluding tert-OH is 1. The van der Waals surface area contributed by atoms with Gasteiger partial charge < -0.3 is 19.0 Å². The highest BCUT2D eigenvalue weighted by Gasteiger charge is 2.13. The molecule has 7 heteroatoms. The van der Waals surface area contributed by atoms with Gasteiger partial charge in [-0.15, -0.1) is 10.2 Å². The van der Waals surface area contributed by atoms with Gasteiger partial charge in [-0.2, -0.15) is 0 Å². The molecule has 0 unspecified atom stereocenters. The van der Waals surface area contributed by atoms with Crippen molar-refractivity contribution in [3.05, 3.63) is 66.7 Å². The summed E-state index contributed by atoms with van der Waals surface area (Å²) in [6.45, 7) is 0.181. The second-order valence-corrected chi connectivity index (χ2v) is 7.33. The molecule has 4 rings (SSSR count). The number of hydrogen-bond acceptors (Lipinski definition) is 7. The molecule has 0 saturated heterocycles. The lowest BCUT2D eigenvalue weighted by Crippen LogP contribution is -2.20. The van der Waals surface area contributed by atoms with E-state index in [1.807, 2.05) is 66.7 Å². The van der Waals surface area contributed by atoms with Crippen LogP contribution in [0.15, 0.2) is 76.4 Å². The van der Waals surface area contributed by atoms with E-state index in [0.29, 0.717) is 16.9 Å². The van der Waals surface area contributed by atoms with E-state index in [9.17, 15) is 5.11 Å². The first kappa shape index (κ1) is 19.3. The molecule has 1 atom stereocenters. The molecule has 0 aliphatic rings. The zero-order valence-corrected chi connectivity index (χ0v) is 16.6. The van der Waals surface area contributed by atoms with Crippen LogP contribution < -0.4 is 9.47 Å². The molecule has 1 N–H and O–H groups in total. The maximum absolute atomic E-state index is 10.3. The minimum atomic E-state index is -0.671. The lowest BCUT2D eigenvalue weighted by molar-refractivity contribution is 0.127. The van der Waals surface area contributed by atoms with Gasteiger partial charge in [-0.3, -0.25) is 0 Å². The smallest absolute Gasteiger partial charge is 0.276 e. The van der Waals surface area contributed by atoms with Gasteiger partial charge in [0.25, 0.3) is 5.22 Å². The normalized spacial score (nSPS) is 12.1. The first-order valence-electron chi connectivity index (χ1n) is 9.12. The monoisotopic (exact) mass is 408 g/mol. The third kappa shape index (κ3) is 4.70. The van der Waals surface area contributed by atoms with E-state index in [0.717, 1.165) is 27.8 Å². The average molecular weight is 408 g/mol. The number of aliphatic hydroxyl groups is 1. The fourth-order valence-corrected chi connectivity index (χ4v) is 3.51. The molecule has 0 aliphatic carbocycles. The Balaban J connectivity index is 1.31. The minimum Gasteiger partial charge on any atom is -0.497 e. The molecule has 0 bridgehead atoms. The number of nitrogens with zero attached hydrogens (tertiary/aromatic N) is 2. The molecule has 1 heterocycles. The second-order valence-electron chi connectivity index (χ2n) is 6.35. The summed E-state index contributed by atoms with van der Waals surface area (Å²) in [4.78, 5) is 0. The predicted octanol–water partition coefficient (Wildman–Crippen LogP) is 4.43. The molecule has 0 fully saturated rings. The number of ether oxygens (including phenoxy) is 2. The summed E-state index contributed by atoms with van der Waals surface area (Å²) in [7, 11) is 1.62. The lowest BCUT2D eigenvalue weighted by Gasteiger charge is -2.13. The Bertz CT molecular complexity index is 1080. The highest BCUT2D eigenvalue weighted by atomic mass is 32.2. The maximum Gasteiger partial charge on any atom is 0.276 e. The van der Waals surface area contributed by atoms with Gasteiger partial charge >= 0.3 is 0 Å². The maximum atomic E-state index is 10.3. The van der Waals surface area contributed by atoms with Gasteiger partial charge in [0, 0.05) is 16.7 Å². The molecule has 0 radical (unpaired) electrons. The van der Waals surface area contributed by atoms with Gasteiger partial charge in [0.15, 0.2) is 0 Å². The van der Waals surface area contributed by atoms with E-state index in [-0.39, 0.29) is 6.61 Å². The van der Waals surface area contributed by atoms with Crippen LogP contribution in [0.4, 0.5) is 0 Å². The van der Waals surface area contributed by atoms with E-state index in [4.69, 9.17) is 13.9 Å². The van der Waals surface area contributed by atoms with Gasteiger partial charge in [0.05, 0.1) is 13.2 Å². The molecular weight excluding hydrogens is 388 g/mol. The van der Waals surface area contributed by atoms with Crippen molar-refractivity contribution in [3.63, 3.8) is 0 Å². The Kier molecular flexibility index (Phi) is 5.97. The summed E-state index contributed by atoms with van der Waals surface area (Å²) in [6, 6.07) is 21.3. The molecule has 0 saturated carbocycles. The molecule has 0 spiro atoms. The summed E-state index contributed by atoms with van der Waals surface area (Å²) in [5.74, 6) is 2.33. The van der Waals surface area contributed by atoms with Crippen LogP contribution in [0.25, 0.3) is 22.2 Å². The van der Waals surface area contributed by atoms with Crippen LogP contribution in [0.5, 0.6) is 11.5 Å². The predicted molar refractivity (Wildman–Crippen MR) is 112 cm³/mol. The molecule has 148 valence electrons. The van der Waals surface area contributed by atoms with Crippen LogP contribution in [-0.4, -0.2) is 40.9 Å². The van der Waals surface area contributed by atoms with E-state index in [2.05, 4.69) is 10.2 Å². The van der Waals surface area contributed by atoms with Crippen molar-refractivity contribution in [3.8, 4) is 23.0 Å². The van der Waals surface area contributed by atoms with Gasteiger partial charge in [-0.1, -0.05) is 48.2 Å². The molecular formula is C22H20N2O4S. The van der Waals surface area contributed by atoms with Crippen molar-refractivity contribution in [2.75, 3.05) is 19.5 Å². The van der Waals surface area contributed by atoms with Gasteiger partial charge in [0.2, 0.25) is 5.89 Å². The number of methoxy groups -OCH3 is 1. The Morgan fingerprint density at radius 3 is 2.62 bits per heavy atom. The number of benzene rings is 3. The van der Waals surface area contributed by atoms with Crippen LogP contribution >= 0.6 is 11.8 Å². The SMILES string of the molecule is COc1ccc(-c2nnc(SC[C@@H](O)COc3cccc4ccccc34)o2)cc1. The zero-order chi connectivity index (χ0) is 20.1. The summed E-state index contributed by atoms with van der Waals surface area (Å²) in [5.41, 5.74) is 0.810. The number of rotatable bonds is 8. The standard InChI is InChI=1S/C22H20N2O4S/c1-26-18-11-9-16(10-12-18)21-23-24-22(28-21)29-14-17(25)13-27-20-8-4-6-15-5-2-3-7-19(15)20/h2-12,17,25H,13-14H2,1H3/t17-/m0/s1. The Morgan fingerprint density at radius 1 is 1.00 bits per heavy atom. The van der Waals surface area contributed by atoms with Crippen LogP contribution in [0.3, 0.4) is 0 Å². The third-order valence-corrected chi connectivity index (χ3v) is 5.29. The Hall–Kier alpha value is -3.03. The van der Waals surface area contributed by atoms with Crippen molar-refractivity contribution in [1.82, 2.24) is 10.2 Å². The van der Waals surface area contributed by atoms with Crippen molar-refractivity contribution >= 4 is 22.5 Å². The van der Waals surface area contributed by atoms with Crippen LogP contribution in [0.1, 0.15) is 0 Å². The number of hydrogen-bond donors (Lipinski definition) is 1. The fraction of sp³-hybridized carbons (Fsp3) is 0.182. The van der Waals surface area contributed by atoms with Gasteiger partial charge in [-0.25, -0.2) is 0 Å². The topological polar surface area (TPSA) is 77.6 Å². The summed E-state index contributed by atoms with van der Waals surface area (Å²) in [6.07, 6.45) is -0.671. The summed E-state index contributed by atoms with van der Waals surface area (Å²) < 4.78 is 16.6. The van der Waals surface area contributed by atoms with Crippen LogP contribution in [0.2, 0.25) is 0 Å². The van der Waals surface area contributed by atoms with Gasteiger partial charge in [-0.05, 0) is 35.7 Å². The Morgan fingerprint density at radius 2 is 1.79 bits per heavy atom. The fourth-order valence-electron chi connectivity index (χ4n) is 2.84. The first-order valence-corrected chi connectivity index (χ1v) is 10.1. The highest BCUT2D eigenvalue weighted by Crippen LogP contribution is 2.27. The molecule has 6 nitrogen and oxygen atoms in total. The highest BCUT2D eigenvalue weighted by molar-refractivity contribution is 7.99. The van der Waals surface area contributed by atoms with Gasteiger partial charge in [0.1, 0.15) is 18.1 Å². The zero-order valence-electron chi connectivity index (χ0n) is 15.8. The van der Waals surface area contributed by atoms with Crippen molar-refractivity contribution in [2.24, 2.45) is 0 Å².